The molecular formula is C41H36N4O4. The lowest BCUT2D eigenvalue weighted by Crippen LogP contribution is -2.14. The van der Waals surface area contributed by atoms with Crippen LogP contribution in [-0.4, -0.2) is 22.7 Å². The van der Waals surface area contributed by atoms with Crippen molar-refractivity contribution in [1.82, 2.24) is 0 Å². The molecule has 0 atom stereocenters. The lowest BCUT2D eigenvalue weighted by Gasteiger charge is -2.12. The first kappa shape index (κ1) is 32.5. The van der Waals surface area contributed by atoms with Crippen LogP contribution in [0.15, 0.2) is 115 Å². The van der Waals surface area contributed by atoms with Crippen LogP contribution >= 0.6 is 0 Å². The number of carbonyl (C=O) groups is 3. The maximum Gasteiger partial charge on any atom is 0.259 e. The number of benzene rings is 6. The summed E-state index contributed by atoms with van der Waals surface area (Å²) in [7, 11) is 0. The molecule has 0 aromatic heterocycles. The van der Waals surface area contributed by atoms with Gasteiger partial charge in [0.05, 0.1) is 5.56 Å². The van der Waals surface area contributed by atoms with Crippen molar-refractivity contribution in [3.63, 3.8) is 0 Å². The van der Waals surface area contributed by atoms with E-state index in [4.69, 9.17) is 11.5 Å². The number of fused-ring (bicyclic) bond motifs is 4. The molecule has 1 aliphatic carbocycles. The highest BCUT2D eigenvalue weighted by molar-refractivity contribution is 6.22. The molecule has 244 valence electrons. The zero-order chi connectivity index (χ0) is 34.7. The Kier molecular flexibility index (Phi) is 9.13. The number of hydrogen-bond donors (Lipinski definition) is 5. The number of anilines is 4. The highest BCUT2D eigenvalue weighted by Crippen LogP contribution is 2.38. The van der Waals surface area contributed by atoms with Gasteiger partial charge in [-0.05, 0) is 107 Å². The fourth-order valence-electron chi connectivity index (χ4n) is 6.01. The molecule has 0 saturated carbocycles. The van der Waals surface area contributed by atoms with E-state index < -0.39 is 5.91 Å². The van der Waals surface area contributed by atoms with Gasteiger partial charge < -0.3 is 27.2 Å². The Labute approximate surface area is 284 Å². The van der Waals surface area contributed by atoms with Crippen molar-refractivity contribution >= 4 is 51.1 Å². The molecule has 1 aliphatic rings. The highest BCUT2D eigenvalue weighted by Gasteiger charge is 2.26. The molecular weight excluding hydrogens is 612 g/mol. The third-order valence-corrected chi connectivity index (χ3v) is 8.62. The average Bonchev–Trinajstić information content (AvgIpc) is 3.38. The van der Waals surface area contributed by atoms with Gasteiger partial charge in [-0.15, -0.1) is 0 Å². The van der Waals surface area contributed by atoms with Crippen LogP contribution in [0.2, 0.25) is 0 Å². The Bertz CT molecular complexity index is 2210. The van der Waals surface area contributed by atoms with E-state index in [-0.39, 0.29) is 23.0 Å². The van der Waals surface area contributed by atoms with Gasteiger partial charge in [-0.1, -0.05) is 68.4 Å². The number of nitrogen functional groups attached to an aromatic ring is 2. The Hall–Kier alpha value is -6.41. The molecule has 0 unspecified atom stereocenters. The summed E-state index contributed by atoms with van der Waals surface area (Å²) in [6, 6.07) is 34.4. The minimum absolute atomic E-state index is 0.00426. The van der Waals surface area contributed by atoms with Crippen LogP contribution in [0.25, 0.3) is 21.9 Å². The minimum atomic E-state index is -0.401. The van der Waals surface area contributed by atoms with Gasteiger partial charge in [0.15, 0.2) is 5.78 Å². The third-order valence-electron chi connectivity index (χ3n) is 8.62. The number of amides is 2. The summed E-state index contributed by atoms with van der Waals surface area (Å²) >= 11 is 0. The molecule has 0 saturated heterocycles. The van der Waals surface area contributed by atoms with Crippen molar-refractivity contribution in [3.8, 4) is 16.9 Å². The van der Waals surface area contributed by atoms with E-state index in [0.717, 1.165) is 46.2 Å². The first-order valence-corrected chi connectivity index (χ1v) is 16.1. The number of rotatable bonds is 6. The fraction of sp³-hybridized carbons (Fsp3) is 0.0976. The van der Waals surface area contributed by atoms with Gasteiger partial charge in [0, 0.05) is 39.4 Å². The Morgan fingerprint density at radius 2 is 1.12 bits per heavy atom. The molecule has 2 amide bonds. The van der Waals surface area contributed by atoms with Gasteiger partial charge in [0.1, 0.15) is 5.75 Å². The minimum Gasteiger partial charge on any atom is -0.507 e. The van der Waals surface area contributed by atoms with E-state index >= 15 is 0 Å². The molecule has 8 heteroatoms. The first-order chi connectivity index (χ1) is 23.7. The van der Waals surface area contributed by atoms with Gasteiger partial charge in [-0.25, -0.2) is 0 Å². The van der Waals surface area contributed by atoms with Crippen LogP contribution in [0.1, 0.15) is 61.6 Å². The van der Waals surface area contributed by atoms with Gasteiger partial charge in [0.2, 0.25) is 0 Å². The predicted molar refractivity (Wildman–Crippen MR) is 197 cm³/mol. The lowest BCUT2D eigenvalue weighted by molar-refractivity contribution is 0.101. The predicted octanol–water partition coefficient (Wildman–Crippen LogP) is 8.24. The summed E-state index contributed by atoms with van der Waals surface area (Å²) in [5.41, 5.74) is 20.0. The van der Waals surface area contributed by atoms with Gasteiger partial charge in [-0.3, -0.25) is 14.4 Å². The lowest BCUT2D eigenvalue weighted by atomic mass is 10.0. The number of carbonyl (C=O) groups excluding carboxylic acids is 3. The molecule has 8 nitrogen and oxygen atoms in total. The zero-order valence-electron chi connectivity index (χ0n) is 27.2. The fourth-order valence-corrected chi connectivity index (χ4v) is 6.01. The van der Waals surface area contributed by atoms with E-state index in [1.807, 2.05) is 74.5 Å². The summed E-state index contributed by atoms with van der Waals surface area (Å²) in [5.74, 6) is -0.733. The molecule has 0 aliphatic heterocycles. The van der Waals surface area contributed by atoms with E-state index in [2.05, 4.69) is 10.6 Å². The van der Waals surface area contributed by atoms with Crippen molar-refractivity contribution in [3.05, 3.63) is 149 Å². The molecule has 0 bridgehead atoms. The molecule has 49 heavy (non-hydrogen) atoms. The molecule has 7 rings (SSSR count). The number of ketones is 1. The topological polar surface area (TPSA) is 148 Å². The van der Waals surface area contributed by atoms with E-state index in [9.17, 15) is 19.5 Å². The molecule has 7 N–H and O–H groups in total. The summed E-state index contributed by atoms with van der Waals surface area (Å²) in [6.07, 6.45) is 1.59. The van der Waals surface area contributed by atoms with Crippen LogP contribution in [0.4, 0.5) is 22.7 Å². The number of nitrogens with two attached hydrogens (primary N) is 2. The van der Waals surface area contributed by atoms with Crippen molar-refractivity contribution in [2.24, 2.45) is 0 Å². The summed E-state index contributed by atoms with van der Waals surface area (Å²) < 4.78 is 0. The van der Waals surface area contributed by atoms with E-state index in [1.165, 1.54) is 0 Å². The summed E-state index contributed by atoms with van der Waals surface area (Å²) in [4.78, 5) is 37.9. The number of para-hydroxylation sites is 2. The maximum atomic E-state index is 12.9. The molecule has 6 aromatic rings. The Morgan fingerprint density at radius 1 is 0.592 bits per heavy atom. The quantitative estimate of drug-likeness (QED) is 0.115. The van der Waals surface area contributed by atoms with Gasteiger partial charge in [-0.2, -0.15) is 0 Å². The van der Waals surface area contributed by atoms with Crippen molar-refractivity contribution < 1.29 is 19.5 Å². The Balaban J connectivity index is 0.000000216. The monoisotopic (exact) mass is 648 g/mol. The second-order valence-corrected chi connectivity index (χ2v) is 11.8. The van der Waals surface area contributed by atoms with Crippen LogP contribution in [-0.2, 0) is 12.8 Å². The SMILES string of the molecule is CCc1ccccc1NC(=O)c1ccc2cc(O)c(C(=O)Nc3ccccc3CC)cc2c1.Nc1ccc2c(c1)C(=O)c1cc(N)ccc1-2. The van der Waals surface area contributed by atoms with Crippen molar-refractivity contribution in [1.29, 1.82) is 0 Å². The average molecular weight is 649 g/mol. The molecule has 0 heterocycles. The number of phenols is 1. The number of nitrogens with one attached hydrogen (secondary N) is 2. The number of aromatic hydroxyl groups is 1. The first-order valence-electron chi connectivity index (χ1n) is 16.1. The maximum absolute atomic E-state index is 12.9. The van der Waals surface area contributed by atoms with Crippen LogP contribution in [0.5, 0.6) is 5.75 Å². The molecule has 0 spiro atoms. The summed E-state index contributed by atoms with van der Waals surface area (Å²) in [5, 5.41) is 17.8. The van der Waals surface area contributed by atoms with Crippen LogP contribution in [0.3, 0.4) is 0 Å². The van der Waals surface area contributed by atoms with E-state index in [1.54, 1.807) is 54.6 Å². The highest BCUT2D eigenvalue weighted by atomic mass is 16.3. The number of hydrogen-bond acceptors (Lipinski definition) is 6. The standard InChI is InChI=1S/C28H26N2O3.C13H10N2O/c1-3-18-9-5-7-11-24(18)29-27(32)21-14-13-20-17-26(31)23(16-22(20)15-21)28(33)30-25-12-8-6-10-19(25)4-2;14-7-1-3-9-10-4-2-8(15)6-12(10)13(16)11(9)5-7/h5-17,31H,3-4H2,1-2H3,(H,29,32)(H,30,33);1-6H,14-15H2. The summed E-state index contributed by atoms with van der Waals surface area (Å²) in [6.45, 7) is 4.06. The zero-order valence-corrected chi connectivity index (χ0v) is 27.2. The van der Waals surface area contributed by atoms with Gasteiger partial charge >= 0.3 is 0 Å². The van der Waals surface area contributed by atoms with Crippen molar-refractivity contribution in [2.45, 2.75) is 26.7 Å². The smallest absolute Gasteiger partial charge is 0.259 e. The Morgan fingerprint density at radius 3 is 1.67 bits per heavy atom. The number of aryl methyl sites for hydroxylation is 2. The molecule has 0 fully saturated rings. The largest absolute Gasteiger partial charge is 0.507 e. The van der Waals surface area contributed by atoms with Crippen LogP contribution in [0, 0.1) is 0 Å². The molecule has 0 radical (unpaired) electrons. The normalized spacial score (nSPS) is 11.3. The van der Waals surface area contributed by atoms with Gasteiger partial charge in [0.25, 0.3) is 11.8 Å². The molecule has 6 aromatic carbocycles. The second-order valence-electron chi connectivity index (χ2n) is 11.8. The second kappa shape index (κ2) is 13.8. The van der Waals surface area contributed by atoms with Crippen molar-refractivity contribution in [2.75, 3.05) is 22.1 Å². The third kappa shape index (κ3) is 6.71. The van der Waals surface area contributed by atoms with E-state index in [0.29, 0.717) is 39.1 Å². The van der Waals surface area contributed by atoms with Crippen LogP contribution < -0.4 is 22.1 Å². The number of phenolic OH excluding ortho intramolecular Hbond substituents is 1.